The van der Waals surface area contributed by atoms with Crippen molar-refractivity contribution >= 4 is 42.3 Å². The first kappa shape index (κ1) is 25.5. The Morgan fingerprint density at radius 3 is 2.52 bits per heavy atom. The molecule has 8 heteroatoms. The summed E-state index contributed by atoms with van der Waals surface area (Å²) in [6.45, 7) is 7.55. The highest BCUT2D eigenvalue weighted by Crippen LogP contribution is 2.20. The molecule has 0 bridgehead atoms. The molecule has 2 unspecified atom stereocenters. The van der Waals surface area contributed by atoms with E-state index in [-0.39, 0.29) is 42.7 Å². The molecule has 3 N–H and O–H groups in total. The maximum Gasteiger partial charge on any atom is 0.241 e. The van der Waals surface area contributed by atoms with Gasteiger partial charge in [-0.25, -0.2) is 0 Å². The van der Waals surface area contributed by atoms with Gasteiger partial charge >= 0.3 is 0 Å². The van der Waals surface area contributed by atoms with E-state index in [0.717, 1.165) is 62.1 Å². The van der Waals surface area contributed by atoms with Gasteiger partial charge in [-0.2, -0.15) is 0 Å². The average molecular weight is 445 g/mol. The van der Waals surface area contributed by atoms with Gasteiger partial charge in [0.25, 0.3) is 0 Å². The number of nitrogens with one attached hydrogen (secondary N) is 3. The molecule has 0 radical (unpaired) electrons. The fourth-order valence-corrected chi connectivity index (χ4v) is 4.10. The summed E-state index contributed by atoms with van der Waals surface area (Å²) in [7, 11) is 0. The number of carbonyl (C=O) groups is 2. The number of amides is 2. The Morgan fingerprint density at radius 2 is 1.86 bits per heavy atom. The molecule has 2 saturated heterocycles. The molecule has 2 aliphatic rings. The number of carbonyl (C=O) groups excluding carboxylic acids is 2. The molecule has 2 heterocycles. The normalized spacial score (nSPS) is 21.0. The third-order valence-corrected chi connectivity index (χ3v) is 5.71. The summed E-state index contributed by atoms with van der Waals surface area (Å²) in [6.07, 6.45) is 4.05. The Bertz CT molecular complexity index is 660. The molecule has 0 aliphatic carbocycles. The number of halogens is 2. The lowest BCUT2D eigenvalue weighted by Gasteiger charge is -2.33. The van der Waals surface area contributed by atoms with Crippen molar-refractivity contribution in [2.75, 3.05) is 38.0 Å². The third-order valence-electron chi connectivity index (χ3n) is 5.71. The number of para-hydroxylation sites is 1. The Morgan fingerprint density at radius 1 is 1.14 bits per heavy atom. The van der Waals surface area contributed by atoms with Crippen molar-refractivity contribution in [2.45, 2.75) is 45.6 Å². The second-order valence-corrected chi connectivity index (χ2v) is 7.86. The molecule has 2 atom stereocenters. The Labute approximate surface area is 186 Å². The molecule has 3 rings (SSSR count). The number of piperidine rings is 1. The van der Waals surface area contributed by atoms with Crippen LogP contribution in [0.2, 0.25) is 0 Å². The first-order valence-corrected chi connectivity index (χ1v) is 10.1. The zero-order chi connectivity index (χ0) is 19.2. The quantitative estimate of drug-likeness (QED) is 0.630. The standard InChI is InChI=1S/C21H32N4O2.2ClH/c1-15-6-3-7-16(2)20(15)23-13-19(26)25-11-5-8-17(14-25)12-24-21(27)18-9-4-10-22-18;;/h3,6-7,17-18,22-23H,4-5,8-14H2,1-2H3,(H,24,27);2*1H. The summed E-state index contributed by atoms with van der Waals surface area (Å²) in [4.78, 5) is 26.8. The van der Waals surface area contributed by atoms with Gasteiger partial charge in [0, 0.05) is 25.3 Å². The highest BCUT2D eigenvalue weighted by molar-refractivity contribution is 5.85. The van der Waals surface area contributed by atoms with Crippen LogP contribution in [0.1, 0.15) is 36.8 Å². The number of hydrogen-bond donors (Lipinski definition) is 3. The predicted octanol–water partition coefficient (Wildman–Crippen LogP) is 2.67. The fraction of sp³-hybridized carbons (Fsp3) is 0.619. The van der Waals surface area contributed by atoms with E-state index < -0.39 is 0 Å². The minimum atomic E-state index is -0.0344. The molecule has 0 saturated carbocycles. The van der Waals surface area contributed by atoms with Crippen LogP contribution in [0.15, 0.2) is 18.2 Å². The number of likely N-dealkylation sites (tertiary alicyclic amines) is 1. The summed E-state index contributed by atoms with van der Waals surface area (Å²) in [5, 5.41) is 9.61. The molecule has 29 heavy (non-hydrogen) atoms. The van der Waals surface area contributed by atoms with Crippen LogP contribution in [-0.4, -0.2) is 55.5 Å². The Hall–Kier alpha value is -1.50. The lowest BCUT2D eigenvalue weighted by atomic mass is 9.97. The van der Waals surface area contributed by atoms with Gasteiger partial charge in [-0.3, -0.25) is 9.59 Å². The van der Waals surface area contributed by atoms with Crippen LogP contribution in [0.4, 0.5) is 5.69 Å². The summed E-state index contributed by atoms with van der Waals surface area (Å²) >= 11 is 0. The summed E-state index contributed by atoms with van der Waals surface area (Å²) in [6, 6.07) is 6.10. The molecule has 2 amide bonds. The first-order valence-electron chi connectivity index (χ1n) is 10.1. The number of benzene rings is 1. The Kier molecular flexibility index (Phi) is 10.8. The van der Waals surface area contributed by atoms with Crippen molar-refractivity contribution in [2.24, 2.45) is 5.92 Å². The van der Waals surface area contributed by atoms with Crippen molar-refractivity contribution < 1.29 is 9.59 Å². The molecule has 164 valence electrons. The summed E-state index contributed by atoms with van der Waals surface area (Å²) in [5.74, 6) is 0.576. The lowest BCUT2D eigenvalue weighted by Crippen LogP contribution is -2.47. The predicted molar refractivity (Wildman–Crippen MR) is 122 cm³/mol. The smallest absolute Gasteiger partial charge is 0.241 e. The Balaban J connectivity index is 0.00000210. The summed E-state index contributed by atoms with van der Waals surface area (Å²) in [5.41, 5.74) is 3.36. The number of hydrogen-bond acceptors (Lipinski definition) is 4. The van der Waals surface area contributed by atoms with E-state index in [9.17, 15) is 9.59 Å². The monoisotopic (exact) mass is 444 g/mol. The van der Waals surface area contributed by atoms with Gasteiger partial charge in [-0.05, 0) is 63.1 Å². The SMILES string of the molecule is Cc1cccc(C)c1NCC(=O)N1CCCC(CNC(=O)C2CCCN2)C1.Cl.Cl. The molecule has 1 aromatic carbocycles. The van der Waals surface area contributed by atoms with Crippen LogP contribution in [0.5, 0.6) is 0 Å². The van der Waals surface area contributed by atoms with E-state index in [1.54, 1.807) is 0 Å². The van der Waals surface area contributed by atoms with E-state index in [1.807, 2.05) is 11.0 Å². The highest BCUT2D eigenvalue weighted by Gasteiger charge is 2.26. The minimum Gasteiger partial charge on any atom is -0.376 e. The van der Waals surface area contributed by atoms with Gasteiger partial charge in [0.2, 0.25) is 11.8 Å². The van der Waals surface area contributed by atoms with E-state index in [0.29, 0.717) is 19.0 Å². The molecule has 0 aromatic heterocycles. The maximum atomic E-state index is 12.7. The first-order chi connectivity index (χ1) is 13.0. The maximum absolute atomic E-state index is 12.7. The zero-order valence-electron chi connectivity index (χ0n) is 17.3. The fourth-order valence-electron chi connectivity index (χ4n) is 4.10. The molecule has 0 spiro atoms. The van der Waals surface area contributed by atoms with Gasteiger partial charge in [0.05, 0.1) is 12.6 Å². The molecule has 2 aliphatic heterocycles. The number of nitrogens with zero attached hydrogens (tertiary/aromatic N) is 1. The van der Waals surface area contributed by atoms with E-state index in [1.165, 1.54) is 0 Å². The molecular weight excluding hydrogens is 411 g/mol. The van der Waals surface area contributed by atoms with Crippen LogP contribution >= 0.6 is 24.8 Å². The van der Waals surface area contributed by atoms with Gasteiger partial charge in [-0.15, -0.1) is 24.8 Å². The molecule has 1 aromatic rings. The number of rotatable bonds is 6. The van der Waals surface area contributed by atoms with Crippen LogP contribution in [-0.2, 0) is 9.59 Å². The van der Waals surface area contributed by atoms with E-state index in [2.05, 4.69) is 41.9 Å². The largest absolute Gasteiger partial charge is 0.376 e. The third kappa shape index (κ3) is 7.05. The molecular formula is C21H34Cl2N4O2. The molecule has 6 nitrogen and oxygen atoms in total. The topological polar surface area (TPSA) is 73.5 Å². The van der Waals surface area contributed by atoms with Crippen LogP contribution in [0.3, 0.4) is 0 Å². The second kappa shape index (κ2) is 12.3. The van der Waals surface area contributed by atoms with E-state index in [4.69, 9.17) is 0 Å². The lowest BCUT2D eigenvalue weighted by molar-refractivity contribution is -0.131. The second-order valence-electron chi connectivity index (χ2n) is 7.86. The highest BCUT2D eigenvalue weighted by atomic mass is 35.5. The van der Waals surface area contributed by atoms with Gasteiger partial charge in [0.1, 0.15) is 0 Å². The van der Waals surface area contributed by atoms with Crippen LogP contribution < -0.4 is 16.0 Å². The van der Waals surface area contributed by atoms with Crippen molar-refractivity contribution in [3.05, 3.63) is 29.3 Å². The minimum absolute atomic E-state index is 0. The van der Waals surface area contributed by atoms with Crippen LogP contribution in [0.25, 0.3) is 0 Å². The van der Waals surface area contributed by atoms with Gasteiger partial charge in [0.15, 0.2) is 0 Å². The van der Waals surface area contributed by atoms with Crippen molar-refractivity contribution in [1.82, 2.24) is 15.5 Å². The van der Waals surface area contributed by atoms with Crippen molar-refractivity contribution in [1.29, 1.82) is 0 Å². The number of aryl methyl sites for hydroxylation is 2. The van der Waals surface area contributed by atoms with Crippen molar-refractivity contribution in [3.8, 4) is 0 Å². The zero-order valence-corrected chi connectivity index (χ0v) is 19.0. The van der Waals surface area contributed by atoms with Gasteiger partial charge in [-0.1, -0.05) is 18.2 Å². The van der Waals surface area contributed by atoms with E-state index >= 15 is 0 Å². The number of anilines is 1. The van der Waals surface area contributed by atoms with Crippen molar-refractivity contribution in [3.63, 3.8) is 0 Å². The molecule has 2 fully saturated rings. The van der Waals surface area contributed by atoms with Gasteiger partial charge < -0.3 is 20.9 Å². The summed E-state index contributed by atoms with van der Waals surface area (Å²) < 4.78 is 0. The van der Waals surface area contributed by atoms with Crippen LogP contribution in [0, 0.1) is 19.8 Å². The average Bonchev–Trinajstić information content (AvgIpc) is 3.20.